The van der Waals surface area contributed by atoms with E-state index in [1.807, 2.05) is 30.3 Å². The number of benzene rings is 2. The van der Waals surface area contributed by atoms with Gasteiger partial charge in [0.15, 0.2) is 0 Å². The van der Waals surface area contributed by atoms with Gasteiger partial charge in [-0.05, 0) is 30.2 Å². The van der Waals surface area contributed by atoms with Crippen LogP contribution in [0.25, 0.3) is 11.0 Å². The summed E-state index contributed by atoms with van der Waals surface area (Å²) < 4.78 is 5.46. The summed E-state index contributed by atoms with van der Waals surface area (Å²) in [4.78, 5) is 23.7. The summed E-state index contributed by atoms with van der Waals surface area (Å²) in [5, 5.41) is 6.46. The molecule has 0 saturated carbocycles. The number of rotatable bonds is 6. The smallest absolute Gasteiger partial charge is 0.251 e. The van der Waals surface area contributed by atoms with E-state index >= 15 is 0 Å². The van der Waals surface area contributed by atoms with Crippen LogP contribution in [0.3, 0.4) is 0 Å². The second kappa shape index (κ2) is 7.46. The first-order valence-corrected chi connectivity index (χ1v) is 7.79. The molecule has 0 unspecified atom stereocenters. The van der Waals surface area contributed by atoms with Crippen molar-refractivity contribution in [2.24, 2.45) is 0 Å². The van der Waals surface area contributed by atoms with Crippen LogP contribution in [0.2, 0.25) is 0 Å². The molecule has 2 N–H and O–H groups in total. The van der Waals surface area contributed by atoms with E-state index in [0.717, 1.165) is 16.5 Å². The lowest BCUT2D eigenvalue weighted by Gasteiger charge is -2.06. The molecule has 0 spiro atoms. The predicted molar refractivity (Wildman–Crippen MR) is 91.7 cm³/mol. The summed E-state index contributed by atoms with van der Waals surface area (Å²) in [6.45, 7) is 0.448. The Kier molecular flexibility index (Phi) is 4.91. The highest BCUT2D eigenvalue weighted by Gasteiger charge is 2.08. The first-order valence-electron chi connectivity index (χ1n) is 7.79. The lowest BCUT2D eigenvalue weighted by molar-refractivity contribution is -0.120. The molecule has 5 nitrogen and oxygen atoms in total. The van der Waals surface area contributed by atoms with E-state index in [9.17, 15) is 9.59 Å². The average Bonchev–Trinajstić information content (AvgIpc) is 3.04. The van der Waals surface area contributed by atoms with Crippen molar-refractivity contribution in [3.63, 3.8) is 0 Å². The third kappa shape index (κ3) is 3.81. The third-order valence-corrected chi connectivity index (χ3v) is 3.72. The van der Waals surface area contributed by atoms with Crippen molar-refractivity contribution in [2.45, 2.75) is 6.42 Å². The fourth-order valence-electron chi connectivity index (χ4n) is 2.48. The number of amides is 2. The molecule has 24 heavy (non-hydrogen) atoms. The molecular weight excluding hydrogens is 304 g/mol. The summed E-state index contributed by atoms with van der Waals surface area (Å²) in [5.41, 5.74) is 2.43. The van der Waals surface area contributed by atoms with Crippen molar-refractivity contribution in [3.05, 3.63) is 72.0 Å². The molecule has 0 radical (unpaired) electrons. The molecule has 2 aromatic carbocycles. The first-order chi connectivity index (χ1) is 11.7. The van der Waals surface area contributed by atoms with Gasteiger partial charge < -0.3 is 15.1 Å². The van der Waals surface area contributed by atoms with Gasteiger partial charge in [-0.2, -0.15) is 0 Å². The van der Waals surface area contributed by atoms with Crippen LogP contribution in [0, 0.1) is 0 Å². The minimum Gasteiger partial charge on any atom is -0.464 e. The molecule has 2 amide bonds. The number of hydrogen-bond donors (Lipinski definition) is 2. The van der Waals surface area contributed by atoms with Crippen LogP contribution >= 0.6 is 0 Å². The fourth-order valence-corrected chi connectivity index (χ4v) is 2.48. The Labute approximate surface area is 139 Å². The quantitative estimate of drug-likeness (QED) is 0.732. The molecule has 0 atom stereocenters. The van der Waals surface area contributed by atoms with Gasteiger partial charge in [0.2, 0.25) is 5.91 Å². The van der Waals surface area contributed by atoms with Crippen LogP contribution in [0.1, 0.15) is 15.9 Å². The average molecular weight is 322 g/mol. The SMILES string of the molecule is O=C(CNC(=O)c1ccccc1)NCCc1coc2ccccc12. The number of carbonyl (C=O) groups excluding carboxylic acids is 2. The fraction of sp³-hybridized carbons (Fsp3) is 0.158. The first kappa shape index (κ1) is 15.8. The molecule has 0 saturated heterocycles. The van der Waals surface area contributed by atoms with Crippen LogP contribution in [-0.2, 0) is 11.2 Å². The van der Waals surface area contributed by atoms with Crippen molar-refractivity contribution in [1.29, 1.82) is 0 Å². The molecule has 5 heteroatoms. The third-order valence-electron chi connectivity index (χ3n) is 3.72. The van der Waals surface area contributed by atoms with Crippen molar-refractivity contribution in [1.82, 2.24) is 10.6 Å². The minimum atomic E-state index is -0.258. The number of para-hydroxylation sites is 1. The molecule has 1 heterocycles. The summed E-state index contributed by atoms with van der Waals surface area (Å²) in [6, 6.07) is 16.6. The number of nitrogens with one attached hydrogen (secondary N) is 2. The Morgan fingerprint density at radius 1 is 0.917 bits per heavy atom. The van der Waals surface area contributed by atoms with Gasteiger partial charge in [-0.15, -0.1) is 0 Å². The normalized spacial score (nSPS) is 10.5. The molecule has 122 valence electrons. The number of hydrogen-bond acceptors (Lipinski definition) is 3. The van der Waals surface area contributed by atoms with E-state index in [2.05, 4.69) is 10.6 Å². The predicted octanol–water partition coefficient (Wildman–Crippen LogP) is 2.52. The zero-order valence-corrected chi connectivity index (χ0v) is 13.1. The molecule has 0 aliphatic rings. The number of carbonyl (C=O) groups is 2. The Morgan fingerprint density at radius 2 is 1.67 bits per heavy atom. The van der Waals surface area contributed by atoms with E-state index in [4.69, 9.17) is 4.42 Å². The highest BCUT2D eigenvalue weighted by atomic mass is 16.3. The van der Waals surface area contributed by atoms with Gasteiger partial charge in [0.25, 0.3) is 5.91 Å². The van der Waals surface area contributed by atoms with E-state index in [0.29, 0.717) is 18.5 Å². The van der Waals surface area contributed by atoms with Gasteiger partial charge in [-0.3, -0.25) is 9.59 Å². The van der Waals surface area contributed by atoms with Crippen molar-refractivity contribution < 1.29 is 14.0 Å². The maximum atomic E-state index is 11.9. The molecular formula is C19H18N2O3. The highest BCUT2D eigenvalue weighted by Crippen LogP contribution is 2.20. The van der Waals surface area contributed by atoms with Gasteiger partial charge in [0.05, 0.1) is 12.8 Å². The Morgan fingerprint density at radius 3 is 2.50 bits per heavy atom. The molecule has 0 fully saturated rings. The lowest BCUT2D eigenvalue weighted by Crippen LogP contribution is -2.37. The monoisotopic (exact) mass is 322 g/mol. The topological polar surface area (TPSA) is 71.3 Å². The van der Waals surface area contributed by atoms with Crippen molar-refractivity contribution in [2.75, 3.05) is 13.1 Å². The van der Waals surface area contributed by atoms with Crippen LogP contribution in [-0.4, -0.2) is 24.9 Å². The highest BCUT2D eigenvalue weighted by molar-refractivity contribution is 5.96. The molecule has 3 aromatic rings. The largest absolute Gasteiger partial charge is 0.464 e. The summed E-state index contributed by atoms with van der Waals surface area (Å²) in [7, 11) is 0. The number of fused-ring (bicyclic) bond motifs is 1. The van der Waals surface area contributed by atoms with Crippen LogP contribution in [0.4, 0.5) is 0 Å². The Hall–Kier alpha value is -3.08. The standard InChI is InChI=1S/C19H18N2O3/c22-18(12-21-19(23)14-6-2-1-3-7-14)20-11-10-15-13-24-17-9-5-4-8-16(15)17/h1-9,13H,10-12H2,(H,20,22)(H,21,23). The van der Waals surface area contributed by atoms with E-state index in [-0.39, 0.29) is 18.4 Å². The lowest BCUT2D eigenvalue weighted by atomic mass is 10.1. The minimum absolute atomic E-state index is 0.0418. The second-order valence-electron chi connectivity index (χ2n) is 5.41. The van der Waals surface area contributed by atoms with Gasteiger partial charge in [-0.25, -0.2) is 0 Å². The molecule has 3 rings (SSSR count). The Bertz CT molecular complexity index is 840. The van der Waals surface area contributed by atoms with Gasteiger partial charge in [-0.1, -0.05) is 36.4 Å². The summed E-state index contributed by atoms with van der Waals surface area (Å²) >= 11 is 0. The molecule has 0 bridgehead atoms. The van der Waals surface area contributed by atoms with Crippen molar-refractivity contribution in [3.8, 4) is 0 Å². The summed E-state index contributed by atoms with van der Waals surface area (Å²) in [6.07, 6.45) is 2.39. The molecule has 0 aliphatic heterocycles. The zero-order chi connectivity index (χ0) is 16.8. The molecule has 0 aliphatic carbocycles. The summed E-state index contributed by atoms with van der Waals surface area (Å²) in [5.74, 6) is -0.473. The maximum absolute atomic E-state index is 11.9. The van der Waals surface area contributed by atoms with Crippen molar-refractivity contribution >= 4 is 22.8 Å². The van der Waals surface area contributed by atoms with E-state index < -0.39 is 0 Å². The maximum Gasteiger partial charge on any atom is 0.251 e. The van der Waals surface area contributed by atoms with Gasteiger partial charge >= 0.3 is 0 Å². The van der Waals surface area contributed by atoms with Crippen LogP contribution in [0.5, 0.6) is 0 Å². The van der Waals surface area contributed by atoms with Gasteiger partial charge in [0.1, 0.15) is 5.58 Å². The van der Waals surface area contributed by atoms with Gasteiger partial charge in [0, 0.05) is 17.5 Å². The van der Waals surface area contributed by atoms with E-state index in [1.54, 1.807) is 30.5 Å². The van der Waals surface area contributed by atoms with Crippen LogP contribution < -0.4 is 10.6 Å². The second-order valence-corrected chi connectivity index (χ2v) is 5.41. The molecule has 1 aromatic heterocycles. The Balaban J connectivity index is 1.44. The van der Waals surface area contributed by atoms with E-state index in [1.165, 1.54) is 0 Å². The number of furan rings is 1. The zero-order valence-electron chi connectivity index (χ0n) is 13.1. The van der Waals surface area contributed by atoms with Crippen LogP contribution in [0.15, 0.2) is 65.3 Å².